The molecule has 2 aromatic rings. The molecule has 9 heteroatoms. The number of hydrogen-bond acceptors (Lipinski definition) is 6. The van der Waals surface area contributed by atoms with Crippen molar-refractivity contribution < 1.29 is 19.2 Å². The fourth-order valence-electron chi connectivity index (χ4n) is 1.84. The number of anilines is 1. The third-order valence-corrected chi connectivity index (χ3v) is 3.20. The lowest BCUT2D eigenvalue weighted by Crippen LogP contribution is -2.37. The van der Waals surface area contributed by atoms with Crippen LogP contribution in [0.1, 0.15) is 0 Å². The van der Waals surface area contributed by atoms with Gasteiger partial charge in [0.25, 0.3) is 11.6 Å². The maximum absolute atomic E-state index is 11.8. The van der Waals surface area contributed by atoms with Crippen molar-refractivity contribution >= 4 is 34.6 Å². The molecule has 1 amide bonds. The van der Waals surface area contributed by atoms with E-state index in [1.54, 1.807) is 37.4 Å². The van der Waals surface area contributed by atoms with E-state index in [4.69, 9.17) is 21.7 Å². The van der Waals surface area contributed by atoms with Crippen LogP contribution in [-0.4, -0.2) is 29.7 Å². The number of nitrogens with one attached hydrogen (secondary N) is 2. The fraction of sp³-hybridized carbons (Fsp3) is 0.125. The van der Waals surface area contributed by atoms with Crippen LogP contribution in [0.15, 0.2) is 48.5 Å². The van der Waals surface area contributed by atoms with E-state index >= 15 is 0 Å². The molecule has 0 saturated heterocycles. The van der Waals surface area contributed by atoms with Gasteiger partial charge >= 0.3 is 0 Å². The number of nitro groups is 1. The molecular formula is C16H15N3O5S. The quantitative estimate of drug-likeness (QED) is 0.463. The molecule has 0 aromatic heterocycles. The highest BCUT2D eigenvalue weighted by atomic mass is 32.1. The summed E-state index contributed by atoms with van der Waals surface area (Å²) in [6, 6.07) is 12.5. The predicted octanol–water partition coefficient (Wildman–Crippen LogP) is 2.50. The summed E-state index contributed by atoms with van der Waals surface area (Å²) in [5.41, 5.74) is 0.317. The van der Waals surface area contributed by atoms with Crippen LogP contribution in [0.5, 0.6) is 11.5 Å². The van der Waals surface area contributed by atoms with Gasteiger partial charge in [-0.25, -0.2) is 0 Å². The van der Waals surface area contributed by atoms with Crippen molar-refractivity contribution in [3.63, 3.8) is 0 Å². The zero-order valence-corrected chi connectivity index (χ0v) is 14.0. The number of hydrogen-bond donors (Lipinski definition) is 2. The van der Waals surface area contributed by atoms with Crippen molar-refractivity contribution in [2.45, 2.75) is 0 Å². The molecule has 2 N–H and O–H groups in total. The van der Waals surface area contributed by atoms with Gasteiger partial charge in [0.05, 0.1) is 12.0 Å². The first-order valence-corrected chi connectivity index (χ1v) is 7.51. The highest BCUT2D eigenvalue weighted by Crippen LogP contribution is 2.17. The lowest BCUT2D eigenvalue weighted by Gasteiger charge is -2.10. The first kappa shape index (κ1) is 18.1. The number of non-ortho nitro benzene ring substituents is 1. The Hall–Kier alpha value is -3.20. The second kappa shape index (κ2) is 8.60. The van der Waals surface area contributed by atoms with Gasteiger partial charge in [0.1, 0.15) is 11.5 Å². The van der Waals surface area contributed by atoms with Gasteiger partial charge in [0.2, 0.25) is 0 Å². The van der Waals surface area contributed by atoms with E-state index in [1.807, 2.05) is 0 Å². The van der Waals surface area contributed by atoms with E-state index in [9.17, 15) is 14.9 Å². The largest absolute Gasteiger partial charge is 0.497 e. The molecule has 0 saturated carbocycles. The molecule has 2 rings (SSSR count). The SMILES string of the molecule is COc1ccc(OCC(=O)NC(=S)Nc2cccc([N+](=O)[O-])c2)cc1. The van der Waals surface area contributed by atoms with Gasteiger partial charge < -0.3 is 14.8 Å². The molecule has 0 bridgehead atoms. The molecule has 0 radical (unpaired) electrons. The van der Waals surface area contributed by atoms with E-state index in [-0.39, 0.29) is 17.4 Å². The molecule has 0 fully saturated rings. The Labute approximate surface area is 148 Å². The van der Waals surface area contributed by atoms with Gasteiger partial charge in [-0.3, -0.25) is 20.2 Å². The zero-order valence-electron chi connectivity index (χ0n) is 13.2. The first-order valence-electron chi connectivity index (χ1n) is 7.10. The molecule has 2 aromatic carbocycles. The summed E-state index contributed by atoms with van der Waals surface area (Å²) in [7, 11) is 1.55. The summed E-state index contributed by atoms with van der Waals surface area (Å²) < 4.78 is 10.3. The Morgan fingerprint density at radius 2 is 1.88 bits per heavy atom. The number of methoxy groups -OCH3 is 1. The minimum atomic E-state index is -0.518. The van der Waals surface area contributed by atoms with E-state index in [0.717, 1.165) is 0 Å². The van der Waals surface area contributed by atoms with Gasteiger partial charge in [-0.1, -0.05) is 6.07 Å². The monoisotopic (exact) mass is 361 g/mol. The normalized spacial score (nSPS) is 9.80. The van der Waals surface area contributed by atoms with Gasteiger partial charge in [-0.2, -0.15) is 0 Å². The number of thiocarbonyl (C=S) groups is 1. The molecule has 0 heterocycles. The lowest BCUT2D eigenvalue weighted by molar-refractivity contribution is -0.384. The van der Waals surface area contributed by atoms with Gasteiger partial charge in [0.15, 0.2) is 11.7 Å². The van der Waals surface area contributed by atoms with Gasteiger partial charge in [-0.05, 0) is 42.5 Å². The maximum Gasteiger partial charge on any atom is 0.271 e. The molecule has 0 aliphatic carbocycles. The molecule has 8 nitrogen and oxygen atoms in total. The van der Waals surface area contributed by atoms with Crippen LogP contribution in [0.25, 0.3) is 0 Å². The highest BCUT2D eigenvalue weighted by molar-refractivity contribution is 7.80. The summed E-state index contributed by atoms with van der Waals surface area (Å²) in [6.45, 7) is -0.233. The Morgan fingerprint density at radius 1 is 1.20 bits per heavy atom. The first-order chi connectivity index (χ1) is 12.0. The van der Waals surface area contributed by atoms with Crippen molar-refractivity contribution in [1.29, 1.82) is 0 Å². The van der Waals surface area contributed by atoms with Crippen molar-refractivity contribution in [1.82, 2.24) is 5.32 Å². The predicted molar refractivity (Wildman–Crippen MR) is 95.9 cm³/mol. The van der Waals surface area contributed by atoms with Crippen molar-refractivity contribution in [3.05, 3.63) is 58.6 Å². The minimum Gasteiger partial charge on any atom is -0.497 e. The summed E-state index contributed by atoms with van der Waals surface area (Å²) in [4.78, 5) is 22.0. The number of rotatable bonds is 6. The number of carbonyl (C=O) groups excluding carboxylic acids is 1. The standard InChI is InChI=1S/C16H15N3O5S/c1-23-13-5-7-14(8-6-13)24-10-15(20)18-16(25)17-11-3-2-4-12(9-11)19(21)22/h2-9H,10H2,1H3,(H2,17,18,20,25). The van der Waals surface area contributed by atoms with E-state index in [2.05, 4.69) is 10.6 Å². The fourth-order valence-corrected chi connectivity index (χ4v) is 2.07. The number of benzene rings is 2. The molecule has 25 heavy (non-hydrogen) atoms. The highest BCUT2D eigenvalue weighted by Gasteiger charge is 2.09. The summed E-state index contributed by atoms with van der Waals surface area (Å²) in [6.07, 6.45) is 0. The van der Waals surface area contributed by atoms with E-state index in [1.165, 1.54) is 18.2 Å². The Kier molecular flexibility index (Phi) is 6.24. The summed E-state index contributed by atoms with van der Waals surface area (Å²) in [5.74, 6) is 0.728. The van der Waals surface area contributed by atoms with Gasteiger partial charge in [0, 0.05) is 17.8 Å². The van der Waals surface area contributed by atoms with Crippen LogP contribution >= 0.6 is 12.2 Å². The number of nitro benzene ring substituents is 1. The topological polar surface area (TPSA) is 103 Å². The van der Waals surface area contributed by atoms with E-state index in [0.29, 0.717) is 17.2 Å². The van der Waals surface area contributed by atoms with E-state index < -0.39 is 10.8 Å². The minimum absolute atomic E-state index is 0.0174. The molecule has 0 atom stereocenters. The molecule has 130 valence electrons. The van der Waals surface area contributed by atoms with Crippen LogP contribution in [0.4, 0.5) is 11.4 Å². The lowest BCUT2D eigenvalue weighted by atomic mass is 10.3. The molecule has 0 unspecified atom stereocenters. The van der Waals surface area contributed by atoms with Crippen LogP contribution in [0.2, 0.25) is 0 Å². The second-order valence-electron chi connectivity index (χ2n) is 4.77. The second-order valence-corrected chi connectivity index (χ2v) is 5.18. The smallest absolute Gasteiger partial charge is 0.271 e. The third-order valence-electron chi connectivity index (χ3n) is 3.00. The van der Waals surface area contributed by atoms with Crippen molar-refractivity contribution in [3.8, 4) is 11.5 Å². The Balaban J connectivity index is 1.82. The average molecular weight is 361 g/mol. The van der Waals surface area contributed by atoms with Crippen LogP contribution in [0, 0.1) is 10.1 Å². The summed E-state index contributed by atoms with van der Waals surface area (Å²) in [5, 5.41) is 15.9. The van der Waals surface area contributed by atoms with Crippen molar-refractivity contribution in [2.24, 2.45) is 0 Å². The number of ether oxygens (including phenoxy) is 2. The van der Waals surface area contributed by atoms with Crippen molar-refractivity contribution in [2.75, 3.05) is 19.0 Å². The van der Waals surface area contributed by atoms with Crippen LogP contribution in [-0.2, 0) is 4.79 Å². The van der Waals surface area contributed by atoms with Crippen LogP contribution in [0.3, 0.4) is 0 Å². The average Bonchev–Trinajstić information content (AvgIpc) is 2.60. The molecule has 0 aliphatic heterocycles. The molecule has 0 spiro atoms. The molecule has 0 aliphatic rings. The Bertz CT molecular complexity index is 780. The summed E-state index contributed by atoms with van der Waals surface area (Å²) >= 11 is 5.00. The molecular weight excluding hydrogens is 346 g/mol. The number of amides is 1. The maximum atomic E-state index is 11.8. The van der Waals surface area contributed by atoms with Gasteiger partial charge in [-0.15, -0.1) is 0 Å². The zero-order chi connectivity index (χ0) is 18.2. The Morgan fingerprint density at radius 3 is 2.52 bits per heavy atom. The third kappa shape index (κ3) is 5.74. The number of nitrogens with zero attached hydrogens (tertiary/aromatic N) is 1. The van der Waals surface area contributed by atoms with Crippen LogP contribution < -0.4 is 20.1 Å². The number of carbonyl (C=O) groups is 1.